The molecule has 2 aliphatic rings. The zero-order chi connectivity index (χ0) is 17.9. The number of carbonyl (C=O) groups excluding carboxylic acids is 2. The molecule has 1 aliphatic carbocycles. The maximum atomic E-state index is 12.4. The molecule has 2 fully saturated rings. The van der Waals surface area contributed by atoms with Crippen LogP contribution in [0.5, 0.6) is 0 Å². The van der Waals surface area contributed by atoms with Gasteiger partial charge in [0, 0.05) is 31.4 Å². The first-order valence-corrected chi connectivity index (χ1v) is 8.88. The summed E-state index contributed by atoms with van der Waals surface area (Å²) < 4.78 is 5.12. The first-order valence-electron chi connectivity index (χ1n) is 8.88. The van der Waals surface area contributed by atoms with Crippen molar-refractivity contribution in [3.63, 3.8) is 0 Å². The van der Waals surface area contributed by atoms with Gasteiger partial charge in [-0.3, -0.25) is 9.59 Å². The SMILES string of the molecule is O=C(NCc1nc(-c2ncccn2)no1)C1CC(=O)N(C2CCCC2)C1. The molecule has 1 N–H and O–H groups in total. The van der Waals surface area contributed by atoms with Gasteiger partial charge in [0.05, 0.1) is 12.5 Å². The second kappa shape index (κ2) is 7.19. The van der Waals surface area contributed by atoms with E-state index in [0.717, 1.165) is 25.7 Å². The van der Waals surface area contributed by atoms with Crippen molar-refractivity contribution in [1.29, 1.82) is 0 Å². The predicted octanol–water partition coefficient (Wildman–Crippen LogP) is 0.934. The summed E-state index contributed by atoms with van der Waals surface area (Å²) >= 11 is 0. The van der Waals surface area contributed by atoms with Crippen molar-refractivity contribution in [2.45, 2.75) is 44.7 Å². The minimum Gasteiger partial charge on any atom is -0.347 e. The smallest absolute Gasteiger partial charge is 0.246 e. The summed E-state index contributed by atoms with van der Waals surface area (Å²) in [4.78, 5) is 38.8. The molecule has 1 aliphatic heterocycles. The van der Waals surface area contributed by atoms with Gasteiger partial charge in [0.25, 0.3) is 0 Å². The monoisotopic (exact) mass is 356 g/mol. The zero-order valence-electron chi connectivity index (χ0n) is 14.3. The third-order valence-electron chi connectivity index (χ3n) is 4.94. The number of nitrogens with zero attached hydrogens (tertiary/aromatic N) is 5. The average molecular weight is 356 g/mol. The Morgan fingerprint density at radius 3 is 2.77 bits per heavy atom. The molecular weight excluding hydrogens is 336 g/mol. The van der Waals surface area contributed by atoms with Crippen molar-refractivity contribution in [3.8, 4) is 11.6 Å². The van der Waals surface area contributed by atoms with Crippen LogP contribution in [0.4, 0.5) is 0 Å². The van der Waals surface area contributed by atoms with Gasteiger partial charge in [0.2, 0.25) is 29.4 Å². The van der Waals surface area contributed by atoms with Crippen LogP contribution in [-0.2, 0) is 16.1 Å². The summed E-state index contributed by atoms with van der Waals surface area (Å²) in [7, 11) is 0. The van der Waals surface area contributed by atoms with Gasteiger partial charge in [0.15, 0.2) is 0 Å². The van der Waals surface area contributed by atoms with Crippen LogP contribution in [0.1, 0.15) is 38.0 Å². The number of amides is 2. The summed E-state index contributed by atoms with van der Waals surface area (Å²) in [6.07, 6.45) is 7.88. The largest absolute Gasteiger partial charge is 0.347 e. The van der Waals surface area contributed by atoms with Crippen molar-refractivity contribution in [3.05, 3.63) is 24.4 Å². The molecule has 3 heterocycles. The normalized spacial score (nSPS) is 20.7. The van der Waals surface area contributed by atoms with Crippen molar-refractivity contribution in [2.75, 3.05) is 6.54 Å². The van der Waals surface area contributed by atoms with Gasteiger partial charge in [-0.1, -0.05) is 18.0 Å². The third kappa shape index (κ3) is 3.42. The van der Waals surface area contributed by atoms with Crippen molar-refractivity contribution >= 4 is 11.8 Å². The minimum atomic E-state index is -0.317. The molecule has 1 unspecified atom stereocenters. The minimum absolute atomic E-state index is 0.0818. The van der Waals surface area contributed by atoms with Gasteiger partial charge in [-0.2, -0.15) is 4.98 Å². The Balaban J connectivity index is 1.32. The van der Waals surface area contributed by atoms with Crippen molar-refractivity contribution in [2.24, 2.45) is 5.92 Å². The van der Waals surface area contributed by atoms with E-state index in [1.165, 1.54) is 0 Å². The molecular formula is C17H20N6O3. The molecule has 0 bridgehead atoms. The molecule has 4 rings (SSSR count). The Kier molecular flexibility index (Phi) is 4.59. The molecule has 0 spiro atoms. The van der Waals surface area contributed by atoms with E-state index in [-0.39, 0.29) is 42.4 Å². The standard InChI is InChI=1S/C17H20N6O3/c24-14-8-11(10-23(14)12-4-1-2-5-12)17(25)20-9-13-21-16(22-26-13)15-18-6-3-7-19-15/h3,6-7,11-12H,1-2,4-5,8-10H2,(H,20,25). The van der Waals surface area contributed by atoms with Gasteiger partial charge >= 0.3 is 0 Å². The Morgan fingerprint density at radius 1 is 1.23 bits per heavy atom. The highest BCUT2D eigenvalue weighted by atomic mass is 16.5. The van der Waals surface area contributed by atoms with Gasteiger partial charge in [-0.15, -0.1) is 0 Å². The topological polar surface area (TPSA) is 114 Å². The highest BCUT2D eigenvalue weighted by Gasteiger charge is 2.38. The van der Waals surface area contributed by atoms with E-state index >= 15 is 0 Å². The maximum Gasteiger partial charge on any atom is 0.246 e. The van der Waals surface area contributed by atoms with Crippen molar-refractivity contribution < 1.29 is 14.1 Å². The number of hydrogen-bond donors (Lipinski definition) is 1. The number of carbonyl (C=O) groups is 2. The number of hydrogen-bond acceptors (Lipinski definition) is 7. The van der Waals surface area contributed by atoms with E-state index < -0.39 is 0 Å². The van der Waals surface area contributed by atoms with E-state index in [9.17, 15) is 9.59 Å². The highest BCUT2D eigenvalue weighted by Crippen LogP contribution is 2.29. The molecule has 1 saturated carbocycles. The van der Waals surface area contributed by atoms with Crippen LogP contribution in [0.3, 0.4) is 0 Å². The van der Waals surface area contributed by atoms with Crippen LogP contribution in [-0.4, -0.2) is 49.4 Å². The fraction of sp³-hybridized carbons (Fsp3) is 0.529. The van der Waals surface area contributed by atoms with Crippen LogP contribution in [0, 0.1) is 5.92 Å². The first kappa shape index (κ1) is 16.6. The van der Waals surface area contributed by atoms with Crippen LogP contribution in [0.15, 0.2) is 23.0 Å². The van der Waals surface area contributed by atoms with Crippen LogP contribution in [0.25, 0.3) is 11.6 Å². The molecule has 0 aromatic carbocycles. The van der Waals surface area contributed by atoms with E-state index in [2.05, 4.69) is 25.4 Å². The average Bonchev–Trinajstić information content (AvgIpc) is 3.41. The van der Waals surface area contributed by atoms with E-state index in [0.29, 0.717) is 18.4 Å². The number of aromatic nitrogens is 4. The molecule has 2 aromatic rings. The molecule has 136 valence electrons. The molecule has 2 aromatic heterocycles. The van der Waals surface area contributed by atoms with E-state index in [1.807, 2.05) is 4.90 Å². The second-order valence-electron chi connectivity index (χ2n) is 6.69. The quantitative estimate of drug-likeness (QED) is 0.847. The van der Waals surface area contributed by atoms with Crippen LogP contribution in [0.2, 0.25) is 0 Å². The molecule has 26 heavy (non-hydrogen) atoms. The first-order chi connectivity index (χ1) is 12.7. The number of likely N-dealkylation sites (tertiary alicyclic amines) is 1. The third-order valence-corrected chi connectivity index (χ3v) is 4.94. The Hall–Kier alpha value is -2.84. The summed E-state index contributed by atoms with van der Waals surface area (Å²) in [5.41, 5.74) is 0. The molecule has 0 radical (unpaired) electrons. The summed E-state index contributed by atoms with van der Waals surface area (Å²) in [5.74, 6) is 0.523. The molecule has 1 saturated heterocycles. The Bertz CT molecular complexity index is 787. The fourth-order valence-electron chi connectivity index (χ4n) is 3.62. The van der Waals surface area contributed by atoms with E-state index in [1.54, 1.807) is 18.5 Å². The summed E-state index contributed by atoms with van der Waals surface area (Å²) in [6.45, 7) is 0.620. The van der Waals surface area contributed by atoms with Gasteiger partial charge in [-0.25, -0.2) is 9.97 Å². The van der Waals surface area contributed by atoms with Crippen LogP contribution >= 0.6 is 0 Å². The predicted molar refractivity (Wildman–Crippen MR) is 89.2 cm³/mol. The fourth-order valence-corrected chi connectivity index (χ4v) is 3.62. The lowest BCUT2D eigenvalue weighted by atomic mass is 10.1. The molecule has 9 nitrogen and oxygen atoms in total. The lowest BCUT2D eigenvalue weighted by Crippen LogP contribution is -2.36. The van der Waals surface area contributed by atoms with Crippen molar-refractivity contribution in [1.82, 2.24) is 30.3 Å². The number of rotatable bonds is 5. The van der Waals surface area contributed by atoms with Gasteiger partial charge in [-0.05, 0) is 18.9 Å². The Labute approximate surface area is 150 Å². The maximum absolute atomic E-state index is 12.4. The lowest BCUT2D eigenvalue weighted by molar-refractivity contribution is -0.130. The molecule has 2 amide bonds. The van der Waals surface area contributed by atoms with Crippen LogP contribution < -0.4 is 5.32 Å². The Morgan fingerprint density at radius 2 is 2.00 bits per heavy atom. The summed E-state index contributed by atoms with van der Waals surface area (Å²) in [6, 6.07) is 2.01. The van der Waals surface area contributed by atoms with E-state index in [4.69, 9.17) is 4.52 Å². The van der Waals surface area contributed by atoms with Gasteiger partial charge < -0.3 is 14.7 Å². The second-order valence-corrected chi connectivity index (χ2v) is 6.69. The summed E-state index contributed by atoms with van der Waals surface area (Å²) in [5, 5.41) is 6.60. The molecule has 9 heteroatoms. The zero-order valence-corrected chi connectivity index (χ0v) is 14.3. The highest BCUT2D eigenvalue weighted by molar-refractivity contribution is 5.89. The molecule has 1 atom stereocenters. The lowest BCUT2D eigenvalue weighted by Gasteiger charge is -2.23. The number of nitrogens with one attached hydrogen (secondary N) is 1. The van der Waals surface area contributed by atoms with Gasteiger partial charge in [0.1, 0.15) is 0 Å².